The molecule has 74 valence electrons. The largest absolute Gasteiger partial charge is 0.315 e. The number of nitrogens with one attached hydrogen (secondary N) is 1. The molecule has 1 N–H and O–H groups in total. The minimum absolute atomic E-state index is 0.472. The van der Waals surface area contributed by atoms with Crippen LogP contribution in [0.4, 0.5) is 0 Å². The Labute approximate surface area is 80.1 Å². The number of likely N-dealkylation sites (N-methyl/N-ethyl adjacent to an activating group) is 1. The van der Waals surface area contributed by atoms with Gasteiger partial charge in [0.15, 0.2) is 0 Å². The zero-order chi connectivity index (χ0) is 9.84. The maximum absolute atomic E-state index is 4.47. The quantitative estimate of drug-likeness (QED) is 0.765. The summed E-state index contributed by atoms with van der Waals surface area (Å²) in [5, 5.41) is 7.67. The van der Waals surface area contributed by atoms with Gasteiger partial charge in [-0.2, -0.15) is 5.10 Å². The lowest BCUT2D eigenvalue weighted by atomic mass is 10.1. The van der Waals surface area contributed by atoms with Crippen LogP contribution in [0.25, 0.3) is 0 Å². The Morgan fingerprint density at radius 2 is 2.15 bits per heavy atom. The highest BCUT2D eigenvalue weighted by Crippen LogP contribution is 2.10. The molecule has 0 radical (unpaired) electrons. The van der Waals surface area contributed by atoms with Gasteiger partial charge in [0, 0.05) is 12.2 Å². The van der Waals surface area contributed by atoms with Crippen LogP contribution in [0.15, 0.2) is 12.3 Å². The highest BCUT2D eigenvalue weighted by atomic mass is 15.3. The number of aromatic nitrogens is 2. The molecule has 13 heavy (non-hydrogen) atoms. The van der Waals surface area contributed by atoms with Crippen molar-refractivity contribution in [2.75, 3.05) is 7.05 Å². The standard InChI is InChI=1S/C10H19N3/c1-8(2)10-5-6-13(12-10)7-9(3)11-4/h5-6,8-9,11H,7H2,1-4H3. The summed E-state index contributed by atoms with van der Waals surface area (Å²) in [5.74, 6) is 0.520. The first-order valence-corrected chi connectivity index (χ1v) is 4.84. The minimum Gasteiger partial charge on any atom is -0.315 e. The third-order valence-electron chi connectivity index (χ3n) is 2.21. The minimum atomic E-state index is 0.472. The molecule has 0 saturated heterocycles. The number of rotatable bonds is 4. The molecule has 1 aromatic rings. The van der Waals surface area contributed by atoms with E-state index in [0.717, 1.165) is 6.54 Å². The van der Waals surface area contributed by atoms with Crippen molar-refractivity contribution in [2.24, 2.45) is 0 Å². The Morgan fingerprint density at radius 3 is 2.62 bits per heavy atom. The van der Waals surface area contributed by atoms with Crippen LogP contribution >= 0.6 is 0 Å². The van der Waals surface area contributed by atoms with Crippen LogP contribution < -0.4 is 5.32 Å². The van der Waals surface area contributed by atoms with Crippen molar-refractivity contribution in [3.8, 4) is 0 Å². The van der Waals surface area contributed by atoms with Gasteiger partial charge in [-0.05, 0) is 26.0 Å². The van der Waals surface area contributed by atoms with Crippen LogP contribution in [0.1, 0.15) is 32.4 Å². The maximum Gasteiger partial charge on any atom is 0.0649 e. The van der Waals surface area contributed by atoms with Gasteiger partial charge in [-0.25, -0.2) is 0 Å². The fourth-order valence-electron chi connectivity index (χ4n) is 1.16. The van der Waals surface area contributed by atoms with Gasteiger partial charge in [-0.1, -0.05) is 13.8 Å². The Balaban J connectivity index is 2.58. The molecule has 0 aliphatic carbocycles. The molecule has 0 fully saturated rings. The van der Waals surface area contributed by atoms with Gasteiger partial charge in [-0.3, -0.25) is 4.68 Å². The monoisotopic (exact) mass is 181 g/mol. The summed E-state index contributed by atoms with van der Waals surface area (Å²) in [6.07, 6.45) is 2.04. The Hall–Kier alpha value is -0.830. The molecule has 1 heterocycles. The lowest BCUT2D eigenvalue weighted by molar-refractivity contribution is 0.477. The van der Waals surface area contributed by atoms with Gasteiger partial charge in [0.2, 0.25) is 0 Å². The van der Waals surface area contributed by atoms with Crippen molar-refractivity contribution < 1.29 is 0 Å². The van der Waals surface area contributed by atoms with Crippen molar-refractivity contribution in [1.82, 2.24) is 15.1 Å². The van der Waals surface area contributed by atoms with Crippen molar-refractivity contribution in [1.29, 1.82) is 0 Å². The zero-order valence-electron chi connectivity index (χ0n) is 8.91. The zero-order valence-corrected chi connectivity index (χ0v) is 8.91. The van der Waals surface area contributed by atoms with Crippen LogP contribution in [-0.4, -0.2) is 22.9 Å². The van der Waals surface area contributed by atoms with Crippen molar-refractivity contribution in [2.45, 2.75) is 39.3 Å². The molecule has 0 aliphatic heterocycles. The highest BCUT2D eigenvalue weighted by molar-refractivity contribution is 5.03. The first-order valence-electron chi connectivity index (χ1n) is 4.84. The van der Waals surface area contributed by atoms with Crippen LogP contribution in [0.5, 0.6) is 0 Å². The predicted molar refractivity (Wildman–Crippen MR) is 54.8 cm³/mol. The average molecular weight is 181 g/mol. The lowest BCUT2D eigenvalue weighted by Crippen LogP contribution is -2.26. The SMILES string of the molecule is CNC(C)Cn1ccc(C(C)C)n1. The second-order valence-corrected chi connectivity index (χ2v) is 3.81. The summed E-state index contributed by atoms with van der Waals surface area (Å²) >= 11 is 0. The fraction of sp³-hybridized carbons (Fsp3) is 0.700. The van der Waals surface area contributed by atoms with Gasteiger partial charge in [0.1, 0.15) is 0 Å². The summed E-state index contributed by atoms with van der Waals surface area (Å²) in [4.78, 5) is 0. The molecular weight excluding hydrogens is 162 g/mol. The van der Waals surface area contributed by atoms with Gasteiger partial charge in [-0.15, -0.1) is 0 Å². The molecule has 0 aromatic carbocycles. The van der Waals surface area contributed by atoms with Gasteiger partial charge in [0.25, 0.3) is 0 Å². The third-order valence-corrected chi connectivity index (χ3v) is 2.21. The van der Waals surface area contributed by atoms with Gasteiger partial charge < -0.3 is 5.32 Å². The van der Waals surface area contributed by atoms with Crippen molar-refractivity contribution in [3.63, 3.8) is 0 Å². The van der Waals surface area contributed by atoms with Gasteiger partial charge >= 0.3 is 0 Å². The van der Waals surface area contributed by atoms with E-state index in [1.807, 2.05) is 17.9 Å². The van der Waals surface area contributed by atoms with E-state index in [1.54, 1.807) is 0 Å². The molecule has 0 saturated carbocycles. The highest BCUT2D eigenvalue weighted by Gasteiger charge is 2.04. The first-order chi connectivity index (χ1) is 6.13. The fourth-order valence-corrected chi connectivity index (χ4v) is 1.16. The van der Waals surface area contributed by atoms with Crippen LogP contribution in [0, 0.1) is 0 Å². The van der Waals surface area contributed by atoms with E-state index in [4.69, 9.17) is 0 Å². The second kappa shape index (κ2) is 4.42. The Kier molecular flexibility index (Phi) is 3.48. The van der Waals surface area contributed by atoms with E-state index in [-0.39, 0.29) is 0 Å². The van der Waals surface area contributed by atoms with E-state index < -0.39 is 0 Å². The lowest BCUT2D eigenvalue weighted by Gasteiger charge is -2.09. The predicted octanol–water partition coefficient (Wildman–Crippen LogP) is 1.61. The molecule has 1 aromatic heterocycles. The summed E-state index contributed by atoms with van der Waals surface area (Å²) in [5.41, 5.74) is 1.17. The summed E-state index contributed by atoms with van der Waals surface area (Å²) in [7, 11) is 1.97. The van der Waals surface area contributed by atoms with Crippen LogP contribution in [0.2, 0.25) is 0 Å². The van der Waals surface area contributed by atoms with E-state index in [0.29, 0.717) is 12.0 Å². The molecule has 3 nitrogen and oxygen atoms in total. The number of hydrogen-bond acceptors (Lipinski definition) is 2. The Morgan fingerprint density at radius 1 is 1.46 bits per heavy atom. The summed E-state index contributed by atoms with van der Waals surface area (Å²) in [6, 6.07) is 2.56. The molecule has 0 spiro atoms. The van der Waals surface area contributed by atoms with E-state index in [9.17, 15) is 0 Å². The van der Waals surface area contributed by atoms with Crippen molar-refractivity contribution in [3.05, 3.63) is 18.0 Å². The van der Waals surface area contributed by atoms with E-state index >= 15 is 0 Å². The van der Waals surface area contributed by atoms with Crippen LogP contribution in [0.3, 0.4) is 0 Å². The molecule has 0 amide bonds. The normalized spacial score (nSPS) is 13.6. The average Bonchev–Trinajstić information content (AvgIpc) is 2.52. The molecule has 3 heteroatoms. The molecular formula is C10H19N3. The van der Waals surface area contributed by atoms with Crippen LogP contribution in [-0.2, 0) is 6.54 Å². The van der Waals surface area contributed by atoms with E-state index in [1.165, 1.54) is 5.69 Å². The molecule has 0 aliphatic rings. The summed E-state index contributed by atoms with van der Waals surface area (Å²) < 4.78 is 2.00. The smallest absolute Gasteiger partial charge is 0.0649 e. The van der Waals surface area contributed by atoms with Gasteiger partial charge in [0.05, 0.1) is 12.2 Å². The first kappa shape index (κ1) is 10.3. The third kappa shape index (κ3) is 2.84. The topological polar surface area (TPSA) is 29.9 Å². The number of hydrogen-bond donors (Lipinski definition) is 1. The molecule has 0 bridgehead atoms. The van der Waals surface area contributed by atoms with Crippen molar-refractivity contribution >= 4 is 0 Å². The second-order valence-electron chi connectivity index (χ2n) is 3.81. The van der Waals surface area contributed by atoms with E-state index in [2.05, 4.69) is 37.3 Å². The molecule has 1 rings (SSSR count). The Bertz CT molecular complexity index is 252. The number of nitrogens with zero attached hydrogens (tertiary/aromatic N) is 2. The summed E-state index contributed by atoms with van der Waals surface area (Å²) in [6.45, 7) is 7.41. The molecule has 1 atom stereocenters. The molecule has 1 unspecified atom stereocenters. The maximum atomic E-state index is 4.47.